The van der Waals surface area contributed by atoms with E-state index in [4.69, 9.17) is 4.74 Å². The number of carbonyl (C=O) groups excluding carboxylic acids is 1. The number of hydrogen-bond donors (Lipinski definition) is 1. The molecule has 0 saturated carbocycles. The summed E-state index contributed by atoms with van der Waals surface area (Å²) in [5, 5.41) is 2.25. The van der Waals surface area contributed by atoms with Crippen molar-refractivity contribution in [2.45, 2.75) is 6.18 Å². The second-order valence-corrected chi connectivity index (χ2v) is 5.62. The Bertz CT molecular complexity index is 1020. The van der Waals surface area contributed by atoms with Crippen LogP contribution < -0.4 is 10.1 Å². The molecule has 0 fully saturated rings. The number of ether oxygens (including phenoxy) is 1. The minimum Gasteiger partial charge on any atom is -0.456 e. The Hall–Kier alpha value is -3.49. The van der Waals surface area contributed by atoms with Gasteiger partial charge >= 0.3 is 6.18 Å². The third kappa shape index (κ3) is 4.61. The first kappa shape index (κ1) is 19.3. The van der Waals surface area contributed by atoms with Gasteiger partial charge in [-0.2, -0.15) is 13.2 Å². The summed E-state index contributed by atoms with van der Waals surface area (Å²) in [7, 11) is 0. The van der Waals surface area contributed by atoms with Crippen molar-refractivity contribution < 1.29 is 31.5 Å². The largest absolute Gasteiger partial charge is 0.456 e. The van der Waals surface area contributed by atoms with Crippen molar-refractivity contribution in [1.29, 1.82) is 0 Å². The Balaban J connectivity index is 1.78. The van der Waals surface area contributed by atoms with Crippen LogP contribution in [0, 0.1) is 11.6 Å². The quantitative estimate of drug-likeness (QED) is 0.601. The Morgan fingerprint density at radius 3 is 2.46 bits per heavy atom. The number of rotatable bonds is 4. The fraction of sp³-hybridized carbons (Fsp3) is 0.0526. The minimum atomic E-state index is -4.53. The number of hydrogen-bond acceptors (Lipinski definition) is 3. The van der Waals surface area contributed by atoms with Gasteiger partial charge in [-0.1, -0.05) is 6.07 Å². The zero-order chi connectivity index (χ0) is 20.3. The van der Waals surface area contributed by atoms with Crippen molar-refractivity contribution in [3.8, 4) is 11.5 Å². The second-order valence-electron chi connectivity index (χ2n) is 5.62. The molecule has 3 rings (SSSR count). The van der Waals surface area contributed by atoms with Gasteiger partial charge in [-0.05, 0) is 36.4 Å². The number of aromatic nitrogens is 1. The van der Waals surface area contributed by atoms with Crippen LogP contribution >= 0.6 is 0 Å². The van der Waals surface area contributed by atoms with Crippen LogP contribution in [0.3, 0.4) is 0 Å². The first-order valence-electron chi connectivity index (χ1n) is 7.79. The Labute approximate surface area is 155 Å². The van der Waals surface area contributed by atoms with E-state index in [0.717, 1.165) is 30.5 Å². The van der Waals surface area contributed by atoms with Crippen molar-refractivity contribution in [2.24, 2.45) is 0 Å². The summed E-state index contributed by atoms with van der Waals surface area (Å²) in [5.41, 5.74) is -1.16. The maximum absolute atomic E-state index is 13.6. The van der Waals surface area contributed by atoms with Crippen molar-refractivity contribution in [3.63, 3.8) is 0 Å². The molecule has 1 aromatic heterocycles. The molecule has 0 aliphatic rings. The fourth-order valence-electron chi connectivity index (χ4n) is 2.26. The predicted octanol–water partition coefficient (Wildman–Crippen LogP) is 5.42. The number of carbonyl (C=O) groups is 1. The van der Waals surface area contributed by atoms with Crippen molar-refractivity contribution in [3.05, 3.63) is 83.7 Å². The average Bonchev–Trinajstić information content (AvgIpc) is 2.64. The molecule has 0 spiro atoms. The molecule has 3 aromatic rings. The monoisotopic (exact) mass is 394 g/mol. The van der Waals surface area contributed by atoms with Gasteiger partial charge < -0.3 is 10.1 Å². The molecule has 0 radical (unpaired) electrons. The minimum absolute atomic E-state index is 0.00607. The molecular formula is C19H11F5N2O2. The van der Waals surface area contributed by atoms with Crippen LogP contribution in [0.1, 0.15) is 15.9 Å². The number of amides is 1. The maximum atomic E-state index is 13.6. The number of nitrogens with one attached hydrogen (secondary N) is 1. The molecule has 0 aliphatic carbocycles. The summed E-state index contributed by atoms with van der Waals surface area (Å²) in [6.45, 7) is 0. The average molecular weight is 394 g/mol. The van der Waals surface area contributed by atoms with Crippen LogP contribution in [-0.2, 0) is 6.18 Å². The summed E-state index contributed by atoms with van der Waals surface area (Å²) in [6, 6.07) is 8.07. The van der Waals surface area contributed by atoms with E-state index >= 15 is 0 Å². The fourth-order valence-corrected chi connectivity index (χ4v) is 2.26. The number of anilines is 1. The van der Waals surface area contributed by atoms with Gasteiger partial charge in [-0.25, -0.2) is 8.78 Å². The second kappa shape index (κ2) is 7.63. The number of benzene rings is 2. The van der Waals surface area contributed by atoms with Crippen molar-refractivity contribution >= 4 is 11.6 Å². The normalized spacial score (nSPS) is 11.2. The van der Waals surface area contributed by atoms with Gasteiger partial charge in [0.2, 0.25) is 0 Å². The van der Waals surface area contributed by atoms with Gasteiger partial charge in [0.05, 0.1) is 23.0 Å². The maximum Gasteiger partial charge on any atom is 0.416 e. The van der Waals surface area contributed by atoms with E-state index in [1.54, 1.807) is 0 Å². The van der Waals surface area contributed by atoms with Gasteiger partial charge in [0.1, 0.15) is 23.1 Å². The molecule has 0 atom stereocenters. The Morgan fingerprint density at radius 1 is 0.964 bits per heavy atom. The van der Waals surface area contributed by atoms with E-state index in [1.807, 2.05) is 0 Å². The zero-order valence-corrected chi connectivity index (χ0v) is 13.9. The topological polar surface area (TPSA) is 51.2 Å². The van der Waals surface area contributed by atoms with Gasteiger partial charge in [-0.3, -0.25) is 9.78 Å². The van der Waals surface area contributed by atoms with Crippen molar-refractivity contribution in [1.82, 2.24) is 4.98 Å². The third-order valence-electron chi connectivity index (χ3n) is 3.55. The zero-order valence-electron chi connectivity index (χ0n) is 13.9. The highest BCUT2D eigenvalue weighted by molar-refractivity contribution is 6.04. The standard InChI is InChI=1S/C19H11F5N2O2/c20-13-4-5-17(16(21)8-13)26-18(27)11-6-15(10-25-9-11)28-14-3-1-2-12(7-14)19(22,23)24/h1-10H,(H,26,27). The molecule has 1 amide bonds. The van der Waals surface area contributed by atoms with E-state index < -0.39 is 29.3 Å². The lowest BCUT2D eigenvalue weighted by molar-refractivity contribution is -0.137. The highest BCUT2D eigenvalue weighted by Gasteiger charge is 2.30. The summed E-state index contributed by atoms with van der Waals surface area (Å²) in [5.74, 6) is -2.61. The number of nitrogens with zero attached hydrogens (tertiary/aromatic N) is 1. The predicted molar refractivity (Wildman–Crippen MR) is 90.1 cm³/mol. The van der Waals surface area contributed by atoms with Crippen LogP contribution in [0.15, 0.2) is 60.9 Å². The number of halogens is 5. The van der Waals surface area contributed by atoms with Gasteiger partial charge in [0.15, 0.2) is 0 Å². The molecule has 1 N–H and O–H groups in total. The molecule has 2 aromatic carbocycles. The molecule has 144 valence electrons. The third-order valence-corrected chi connectivity index (χ3v) is 3.55. The lowest BCUT2D eigenvalue weighted by atomic mass is 10.2. The smallest absolute Gasteiger partial charge is 0.416 e. The summed E-state index contributed by atoms with van der Waals surface area (Å²) >= 11 is 0. The van der Waals surface area contributed by atoms with Crippen LogP contribution in [0.2, 0.25) is 0 Å². The molecule has 0 unspecified atom stereocenters. The van der Waals surface area contributed by atoms with Crippen LogP contribution in [0.4, 0.5) is 27.6 Å². The highest BCUT2D eigenvalue weighted by Crippen LogP contribution is 2.32. The van der Waals surface area contributed by atoms with E-state index in [2.05, 4.69) is 10.3 Å². The Kier molecular flexibility index (Phi) is 5.25. The number of pyridine rings is 1. The molecule has 28 heavy (non-hydrogen) atoms. The van der Waals surface area contributed by atoms with Crippen molar-refractivity contribution in [2.75, 3.05) is 5.32 Å². The molecule has 0 aliphatic heterocycles. The highest BCUT2D eigenvalue weighted by atomic mass is 19.4. The number of alkyl halides is 3. The first-order valence-corrected chi connectivity index (χ1v) is 7.79. The van der Waals surface area contributed by atoms with Gasteiger partial charge in [0, 0.05) is 12.3 Å². The molecule has 1 heterocycles. The van der Waals surface area contributed by atoms with Crippen LogP contribution in [0.25, 0.3) is 0 Å². The first-order chi connectivity index (χ1) is 13.2. The molecule has 4 nitrogen and oxygen atoms in total. The molecular weight excluding hydrogens is 383 g/mol. The lowest BCUT2D eigenvalue weighted by Gasteiger charge is -2.11. The SMILES string of the molecule is O=C(Nc1ccc(F)cc1F)c1cncc(Oc2cccc(C(F)(F)F)c2)c1. The summed E-state index contributed by atoms with van der Waals surface area (Å²) < 4.78 is 70.2. The van der Waals surface area contributed by atoms with E-state index in [1.165, 1.54) is 24.4 Å². The van der Waals surface area contributed by atoms with E-state index in [0.29, 0.717) is 6.07 Å². The Morgan fingerprint density at radius 2 is 1.75 bits per heavy atom. The van der Waals surface area contributed by atoms with E-state index in [9.17, 15) is 26.7 Å². The van der Waals surface area contributed by atoms with Gasteiger partial charge in [-0.15, -0.1) is 0 Å². The van der Waals surface area contributed by atoms with Crippen LogP contribution in [-0.4, -0.2) is 10.9 Å². The lowest BCUT2D eigenvalue weighted by Crippen LogP contribution is -2.13. The molecule has 9 heteroatoms. The molecule has 0 bridgehead atoms. The van der Waals surface area contributed by atoms with E-state index in [-0.39, 0.29) is 22.7 Å². The molecule has 0 saturated heterocycles. The summed E-state index contributed by atoms with van der Waals surface area (Å²) in [4.78, 5) is 16.0. The summed E-state index contributed by atoms with van der Waals surface area (Å²) in [6.07, 6.45) is -2.16. The van der Waals surface area contributed by atoms with Gasteiger partial charge in [0.25, 0.3) is 5.91 Å². The van der Waals surface area contributed by atoms with Crippen LogP contribution in [0.5, 0.6) is 11.5 Å².